The van der Waals surface area contributed by atoms with E-state index in [1.54, 1.807) is 12.4 Å². The van der Waals surface area contributed by atoms with Gasteiger partial charge in [-0.1, -0.05) is 19.9 Å². The zero-order valence-corrected chi connectivity index (χ0v) is 8.49. The van der Waals surface area contributed by atoms with Crippen molar-refractivity contribution in [2.24, 2.45) is 5.92 Å². The summed E-state index contributed by atoms with van der Waals surface area (Å²) in [5, 5.41) is 10.1. The molecule has 0 spiro atoms. The molecule has 2 nitrogen and oxygen atoms in total. The summed E-state index contributed by atoms with van der Waals surface area (Å²) in [5.41, 5.74) is 0.145. The maximum Gasteiger partial charge on any atom is 0.0885 e. The molecule has 0 bridgehead atoms. The van der Waals surface area contributed by atoms with Crippen molar-refractivity contribution in [2.45, 2.75) is 32.8 Å². The fourth-order valence-corrected chi connectivity index (χ4v) is 1.59. The molecule has 2 heteroatoms. The van der Waals surface area contributed by atoms with Gasteiger partial charge in [0, 0.05) is 18.0 Å². The smallest absolute Gasteiger partial charge is 0.0885 e. The van der Waals surface area contributed by atoms with Crippen LogP contribution >= 0.6 is 0 Å². The molecule has 13 heavy (non-hydrogen) atoms. The van der Waals surface area contributed by atoms with Crippen molar-refractivity contribution in [3.05, 3.63) is 30.1 Å². The lowest BCUT2D eigenvalue weighted by molar-refractivity contribution is 0.0345. The van der Waals surface area contributed by atoms with Crippen LogP contribution in [-0.2, 0) is 5.60 Å². The van der Waals surface area contributed by atoms with E-state index in [9.17, 15) is 5.11 Å². The number of rotatable bonds is 3. The zero-order chi connectivity index (χ0) is 9.90. The molecular formula is C11H17NO. The maximum absolute atomic E-state index is 10.1. The van der Waals surface area contributed by atoms with E-state index in [0.717, 1.165) is 12.0 Å². The van der Waals surface area contributed by atoms with Gasteiger partial charge in [-0.3, -0.25) is 4.98 Å². The Balaban J connectivity index is 2.81. The van der Waals surface area contributed by atoms with Gasteiger partial charge in [0.25, 0.3) is 0 Å². The second kappa shape index (κ2) is 3.88. The molecular weight excluding hydrogens is 162 g/mol. The summed E-state index contributed by atoms with van der Waals surface area (Å²) < 4.78 is 0. The summed E-state index contributed by atoms with van der Waals surface area (Å²) in [6.07, 6.45) is 4.20. The Kier molecular flexibility index (Phi) is 3.04. The highest BCUT2D eigenvalue weighted by Crippen LogP contribution is 2.26. The van der Waals surface area contributed by atoms with Gasteiger partial charge in [-0.15, -0.1) is 0 Å². The third-order valence-electron chi connectivity index (χ3n) is 2.09. The highest BCUT2D eigenvalue weighted by Gasteiger charge is 2.23. The van der Waals surface area contributed by atoms with E-state index < -0.39 is 5.60 Å². The Hall–Kier alpha value is -0.890. The molecule has 0 aliphatic heterocycles. The second-order valence-electron chi connectivity index (χ2n) is 4.11. The van der Waals surface area contributed by atoms with Gasteiger partial charge in [0.15, 0.2) is 0 Å². The largest absolute Gasteiger partial charge is 0.385 e. The Morgan fingerprint density at radius 3 is 2.69 bits per heavy atom. The van der Waals surface area contributed by atoms with Gasteiger partial charge in [-0.25, -0.2) is 0 Å². The lowest BCUT2D eigenvalue weighted by Gasteiger charge is -2.25. The summed E-state index contributed by atoms with van der Waals surface area (Å²) in [6, 6.07) is 3.76. The van der Waals surface area contributed by atoms with Gasteiger partial charge < -0.3 is 5.11 Å². The van der Waals surface area contributed by atoms with E-state index in [1.807, 2.05) is 19.1 Å². The van der Waals surface area contributed by atoms with Crippen molar-refractivity contribution < 1.29 is 5.11 Å². The predicted molar refractivity (Wildman–Crippen MR) is 53.3 cm³/mol. The molecule has 0 aliphatic rings. The first kappa shape index (κ1) is 10.2. The topological polar surface area (TPSA) is 33.1 Å². The van der Waals surface area contributed by atoms with E-state index in [4.69, 9.17) is 0 Å². The molecule has 1 rings (SSSR count). The molecule has 1 atom stereocenters. The molecule has 0 radical (unpaired) electrons. The van der Waals surface area contributed by atoms with E-state index in [0.29, 0.717) is 5.92 Å². The molecule has 1 unspecified atom stereocenters. The van der Waals surface area contributed by atoms with Gasteiger partial charge in [0.1, 0.15) is 0 Å². The van der Waals surface area contributed by atoms with Gasteiger partial charge in [0.2, 0.25) is 0 Å². The molecule has 0 aromatic carbocycles. The van der Waals surface area contributed by atoms with Gasteiger partial charge in [-0.2, -0.15) is 0 Å². The molecule has 0 saturated heterocycles. The summed E-state index contributed by atoms with van der Waals surface area (Å²) in [7, 11) is 0. The first-order valence-electron chi connectivity index (χ1n) is 4.65. The van der Waals surface area contributed by atoms with Crippen LogP contribution in [0.3, 0.4) is 0 Å². The number of hydrogen-bond donors (Lipinski definition) is 1. The standard InChI is InChI=1S/C11H17NO/c1-9(2)7-11(3,13)10-5-4-6-12-8-10/h4-6,8-9,13H,7H2,1-3H3. The van der Waals surface area contributed by atoms with Crippen molar-refractivity contribution in [1.29, 1.82) is 0 Å². The van der Waals surface area contributed by atoms with E-state index in [2.05, 4.69) is 18.8 Å². The van der Waals surface area contributed by atoms with Crippen molar-refractivity contribution >= 4 is 0 Å². The summed E-state index contributed by atoms with van der Waals surface area (Å²) in [6.45, 7) is 6.04. The minimum absolute atomic E-state index is 0.482. The van der Waals surface area contributed by atoms with Gasteiger partial charge >= 0.3 is 0 Å². The maximum atomic E-state index is 10.1. The van der Waals surface area contributed by atoms with Crippen LogP contribution in [0.2, 0.25) is 0 Å². The minimum atomic E-state index is -0.748. The molecule has 1 aromatic heterocycles. The summed E-state index contributed by atoms with van der Waals surface area (Å²) in [5.74, 6) is 0.482. The van der Waals surface area contributed by atoms with Gasteiger partial charge in [-0.05, 0) is 25.3 Å². The Morgan fingerprint density at radius 1 is 1.54 bits per heavy atom. The zero-order valence-electron chi connectivity index (χ0n) is 8.49. The SMILES string of the molecule is CC(C)CC(C)(O)c1cccnc1. The Bertz CT molecular complexity index is 254. The van der Waals surface area contributed by atoms with Crippen LogP contribution in [0.25, 0.3) is 0 Å². The average molecular weight is 179 g/mol. The third kappa shape index (κ3) is 2.81. The molecule has 0 fully saturated rings. The van der Waals surface area contributed by atoms with Crippen LogP contribution in [0.15, 0.2) is 24.5 Å². The molecule has 0 saturated carbocycles. The van der Waals surface area contributed by atoms with Crippen LogP contribution in [0.5, 0.6) is 0 Å². The first-order chi connectivity index (χ1) is 6.02. The van der Waals surface area contributed by atoms with E-state index in [1.165, 1.54) is 0 Å². The Labute approximate surface area is 79.6 Å². The fraction of sp³-hybridized carbons (Fsp3) is 0.545. The lowest BCUT2D eigenvalue weighted by Crippen LogP contribution is -2.23. The van der Waals surface area contributed by atoms with E-state index in [-0.39, 0.29) is 0 Å². The second-order valence-corrected chi connectivity index (χ2v) is 4.11. The number of aliphatic hydroxyl groups is 1. The molecule has 1 N–H and O–H groups in total. The predicted octanol–water partition coefficient (Wildman–Crippen LogP) is 2.34. The van der Waals surface area contributed by atoms with Crippen molar-refractivity contribution in [2.75, 3.05) is 0 Å². The quantitative estimate of drug-likeness (QED) is 0.772. The van der Waals surface area contributed by atoms with Crippen LogP contribution in [0.1, 0.15) is 32.8 Å². The lowest BCUT2D eigenvalue weighted by atomic mass is 9.88. The van der Waals surface area contributed by atoms with Crippen molar-refractivity contribution in [3.63, 3.8) is 0 Å². The minimum Gasteiger partial charge on any atom is -0.385 e. The molecule has 0 amide bonds. The summed E-state index contributed by atoms with van der Waals surface area (Å²) in [4.78, 5) is 4.00. The number of nitrogens with zero attached hydrogens (tertiary/aromatic N) is 1. The van der Waals surface area contributed by atoms with Crippen LogP contribution in [0.4, 0.5) is 0 Å². The van der Waals surface area contributed by atoms with Crippen LogP contribution < -0.4 is 0 Å². The number of aromatic nitrogens is 1. The monoisotopic (exact) mass is 179 g/mol. The fourth-order valence-electron chi connectivity index (χ4n) is 1.59. The van der Waals surface area contributed by atoms with Gasteiger partial charge in [0.05, 0.1) is 5.60 Å². The highest BCUT2D eigenvalue weighted by molar-refractivity contribution is 5.16. The highest BCUT2D eigenvalue weighted by atomic mass is 16.3. The normalized spacial score (nSPS) is 15.8. The Morgan fingerprint density at radius 2 is 2.23 bits per heavy atom. The number of hydrogen-bond acceptors (Lipinski definition) is 2. The van der Waals surface area contributed by atoms with Crippen LogP contribution in [0, 0.1) is 5.92 Å². The van der Waals surface area contributed by atoms with Crippen molar-refractivity contribution in [3.8, 4) is 0 Å². The van der Waals surface area contributed by atoms with Crippen LogP contribution in [-0.4, -0.2) is 10.1 Å². The first-order valence-corrected chi connectivity index (χ1v) is 4.65. The average Bonchev–Trinajstić information content (AvgIpc) is 2.04. The molecule has 0 aliphatic carbocycles. The van der Waals surface area contributed by atoms with E-state index >= 15 is 0 Å². The molecule has 1 heterocycles. The molecule has 72 valence electrons. The third-order valence-corrected chi connectivity index (χ3v) is 2.09. The summed E-state index contributed by atoms with van der Waals surface area (Å²) >= 11 is 0. The molecule has 1 aromatic rings. The number of pyridine rings is 1. The van der Waals surface area contributed by atoms with Crippen molar-refractivity contribution in [1.82, 2.24) is 4.98 Å².